The molecule has 25 heavy (non-hydrogen) atoms. The van der Waals surface area contributed by atoms with Crippen molar-refractivity contribution in [3.63, 3.8) is 0 Å². The smallest absolute Gasteiger partial charge is 0.263 e. The van der Waals surface area contributed by atoms with Gasteiger partial charge in [0, 0.05) is 17.5 Å². The van der Waals surface area contributed by atoms with Crippen LogP contribution in [0.1, 0.15) is 28.9 Å². The molecule has 0 aliphatic rings. The van der Waals surface area contributed by atoms with Gasteiger partial charge in [0.2, 0.25) is 5.91 Å². The third-order valence-corrected chi connectivity index (χ3v) is 3.56. The fourth-order valence-corrected chi connectivity index (χ4v) is 2.13. The number of nitrogens with two attached hydrogens (primary N) is 1. The summed E-state index contributed by atoms with van der Waals surface area (Å²) in [5.74, 6) is -0.991. The van der Waals surface area contributed by atoms with Crippen molar-refractivity contribution in [1.29, 1.82) is 5.26 Å². The molecular formula is C19H18N4O2. The zero-order valence-corrected chi connectivity index (χ0v) is 13.7. The van der Waals surface area contributed by atoms with Gasteiger partial charge in [-0.05, 0) is 36.8 Å². The average molecular weight is 334 g/mol. The van der Waals surface area contributed by atoms with E-state index in [0.717, 1.165) is 5.56 Å². The van der Waals surface area contributed by atoms with Crippen LogP contribution in [-0.4, -0.2) is 11.8 Å². The highest BCUT2D eigenvalue weighted by atomic mass is 16.2. The van der Waals surface area contributed by atoms with Gasteiger partial charge in [-0.2, -0.15) is 5.26 Å². The second-order valence-electron chi connectivity index (χ2n) is 5.36. The maximum absolute atomic E-state index is 12.2. The molecule has 0 saturated carbocycles. The molecule has 0 spiro atoms. The lowest BCUT2D eigenvalue weighted by Gasteiger charge is -2.13. The lowest BCUT2D eigenvalue weighted by Crippen LogP contribution is -2.28. The molecule has 2 aromatic rings. The highest BCUT2D eigenvalue weighted by Crippen LogP contribution is 2.13. The molecule has 6 heteroatoms. The maximum atomic E-state index is 12.2. The van der Waals surface area contributed by atoms with Gasteiger partial charge in [-0.3, -0.25) is 9.59 Å². The Kier molecular flexibility index (Phi) is 5.91. The van der Waals surface area contributed by atoms with Crippen LogP contribution in [0.5, 0.6) is 0 Å². The fourth-order valence-electron chi connectivity index (χ4n) is 2.13. The molecule has 1 unspecified atom stereocenters. The number of nitrogens with one attached hydrogen (secondary N) is 2. The Bertz CT molecular complexity index is 821. The topological polar surface area (TPSA) is 108 Å². The molecule has 0 saturated heterocycles. The number of carbonyl (C=O) groups is 2. The molecule has 126 valence electrons. The van der Waals surface area contributed by atoms with Crippen LogP contribution in [0.2, 0.25) is 0 Å². The molecule has 0 aromatic heterocycles. The monoisotopic (exact) mass is 334 g/mol. The van der Waals surface area contributed by atoms with Crippen molar-refractivity contribution in [2.75, 3.05) is 5.32 Å². The predicted octanol–water partition coefficient (Wildman–Crippen LogP) is 2.48. The number of hydrogen-bond acceptors (Lipinski definition) is 4. The molecule has 0 fully saturated rings. The van der Waals surface area contributed by atoms with Crippen LogP contribution in [0.3, 0.4) is 0 Å². The Morgan fingerprint density at radius 3 is 2.32 bits per heavy atom. The van der Waals surface area contributed by atoms with E-state index in [1.807, 2.05) is 43.3 Å². The van der Waals surface area contributed by atoms with Crippen molar-refractivity contribution in [2.45, 2.75) is 13.0 Å². The third-order valence-electron chi connectivity index (χ3n) is 3.56. The standard InChI is InChI=1S/C19H18N4O2/c1-13(14-5-3-2-4-6-14)23-19(25)16(11-20)12-22-17-9-7-15(8-10-17)18(21)24/h2-10,12-13,22H,1H3,(H2,21,24)(H,23,25)/b16-12-. The number of nitriles is 1. The quantitative estimate of drug-likeness (QED) is 0.557. The van der Waals surface area contributed by atoms with Gasteiger partial charge in [0.15, 0.2) is 0 Å². The molecule has 2 amide bonds. The van der Waals surface area contributed by atoms with Gasteiger partial charge >= 0.3 is 0 Å². The first-order valence-corrected chi connectivity index (χ1v) is 7.63. The van der Waals surface area contributed by atoms with Crippen LogP contribution >= 0.6 is 0 Å². The summed E-state index contributed by atoms with van der Waals surface area (Å²) in [5.41, 5.74) is 7.07. The molecule has 4 N–H and O–H groups in total. The SMILES string of the molecule is CC(NC(=O)/C(C#N)=C\Nc1ccc(C(N)=O)cc1)c1ccccc1. The molecule has 6 nitrogen and oxygen atoms in total. The maximum Gasteiger partial charge on any atom is 0.263 e. The molecule has 0 radical (unpaired) electrons. The number of benzene rings is 2. The van der Waals surface area contributed by atoms with Crippen molar-refractivity contribution in [1.82, 2.24) is 5.32 Å². The summed E-state index contributed by atoms with van der Waals surface area (Å²) in [6, 6.07) is 17.5. The summed E-state index contributed by atoms with van der Waals surface area (Å²) < 4.78 is 0. The second-order valence-corrected chi connectivity index (χ2v) is 5.36. The van der Waals surface area contributed by atoms with E-state index in [-0.39, 0.29) is 11.6 Å². The molecule has 2 rings (SSSR count). The van der Waals surface area contributed by atoms with Gasteiger partial charge in [0.1, 0.15) is 11.6 Å². The summed E-state index contributed by atoms with van der Waals surface area (Å²) in [6.45, 7) is 1.85. The van der Waals surface area contributed by atoms with Crippen LogP contribution < -0.4 is 16.4 Å². The van der Waals surface area contributed by atoms with E-state index >= 15 is 0 Å². The number of anilines is 1. The number of nitrogens with zero attached hydrogens (tertiary/aromatic N) is 1. The summed E-state index contributed by atoms with van der Waals surface area (Å²) in [4.78, 5) is 23.2. The minimum absolute atomic E-state index is 0.0539. The molecule has 1 atom stereocenters. The Morgan fingerprint density at radius 2 is 1.76 bits per heavy atom. The Morgan fingerprint density at radius 1 is 1.12 bits per heavy atom. The van der Waals surface area contributed by atoms with Crippen molar-refractivity contribution in [2.24, 2.45) is 5.73 Å². The van der Waals surface area contributed by atoms with E-state index in [4.69, 9.17) is 5.73 Å². The van der Waals surface area contributed by atoms with Crippen LogP contribution in [0.4, 0.5) is 5.69 Å². The molecule has 0 aliphatic heterocycles. The molecule has 0 heterocycles. The normalized spacial score (nSPS) is 11.9. The first-order chi connectivity index (χ1) is 12.0. The number of amides is 2. The number of hydrogen-bond donors (Lipinski definition) is 3. The summed E-state index contributed by atoms with van der Waals surface area (Å²) in [7, 11) is 0. The first-order valence-electron chi connectivity index (χ1n) is 7.63. The van der Waals surface area contributed by atoms with Crippen LogP contribution in [0.15, 0.2) is 66.4 Å². The minimum atomic E-state index is -0.519. The van der Waals surface area contributed by atoms with Crippen LogP contribution in [0, 0.1) is 11.3 Å². The highest BCUT2D eigenvalue weighted by Gasteiger charge is 2.13. The number of carbonyl (C=O) groups excluding carboxylic acids is 2. The highest BCUT2D eigenvalue weighted by molar-refractivity contribution is 5.97. The molecular weight excluding hydrogens is 316 g/mol. The zero-order valence-electron chi connectivity index (χ0n) is 13.7. The average Bonchev–Trinajstić information content (AvgIpc) is 2.63. The number of primary amides is 1. The molecule has 2 aromatic carbocycles. The first kappa shape index (κ1) is 17.8. The van der Waals surface area contributed by atoms with E-state index in [1.54, 1.807) is 24.3 Å². The number of rotatable bonds is 6. The minimum Gasteiger partial charge on any atom is -0.366 e. The van der Waals surface area contributed by atoms with Gasteiger partial charge in [-0.25, -0.2) is 0 Å². The van der Waals surface area contributed by atoms with E-state index in [0.29, 0.717) is 11.3 Å². The van der Waals surface area contributed by atoms with Crippen molar-refractivity contribution < 1.29 is 9.59 Å². The van der Waals surface area contributed by atoms with Crippen LogP contribution in [0.25, 0.3) is 0 Å². The Balaban J connectivity index is 2.02. The van der Waals surface area contributed by atoms with Crippen molar-refractivity contribution in [3.05, 3.63) is 77.5 Å². The van der Waals surface area contributed by atoms with E-state index in [1.165, 1.54) is 6.20 Å². The van der Waals surface area contributed by atoms with Crippen molar-refractivity contribution in [3.8, 4) is 6.07 Å². The van der Waals surface area contributed by atoms with Gasteiger partial charge < -0.3 is 16.4 Å². The van der Waals surface area contributed by atoms with Crippen LogP contribution in [-0.2, 0) is 4.79 Å². The third kappa shape index (κ3) is 4.94. The summed E-state index contributed by atoms with van der Waals surface area (Å²) in [5, 5.41) is 14.8. The van der Waals surface area contributed by atoms with Gasteiger partial charge in [-0.1, -0.05) is 30.3 Å². The summed E-state index contributed by atoms with van der Waals surface area (Å²) >= 11 is 0. The van der Waals surface area contributed by atoms with Gasteiger partial charge in [0.25, 0.3) is 5.91 Å². The Hall–Kier alpha value is -3.59. The summed E-state index contributed by atoms with van der Waals surface area (Å²) in [6.07, 6.45) is 1.33. The van der Waals surface area contributed by atoms with Gasteiger partial charge in [0.05, 0.1) is 6.04 Å². The van der Waals surface area contributed by atoms with E-state index < -0.39 is 11.8 Å². The molecule has 0 bridgehead atoms. The predicted molar refractivity (Wildman–Crippen MR) is 95.3 cm³/mol. The van der Waals surface area contributed by atoms with Gasteiger partial charge in [-0.15, -0.1) is 0 Å². The second kappa shape index (κ2) is 8.31. The largest absolute Gasteiger partial charge is 0.366 e. The zero-order chi connectivity index (χ0) is 18.2. The lowest BCUT2D eigenvalue weighted by atomic mass is 10.1. The molecule has 0 aliphatic carbocycles. The van der Waals surface area contributed by atoms with Crippen molar-refractivity contribution >= 4 is 17.5 Å². The fraction of sp³-hybridized carbons (Fsp3) is 0.105. The van der Waals surface area contributed by atoms with E-state index in [2.05, 4.69) is 10.6 Å². The Labute approximate surface area is 146 Å². The van der Waals surface area contributed by atoms with E-state index in [9.17, 15) is 14.9 Å². The lowest BCUT2D eigenvalue weighted by molar-refractivity contribution is -0.117.